The van der Waals surface area contributed by atoms with Gasteiger partial charge in [-0.25, -0.2) is 0 Å². The molecule has 0 heterocycles. The second-order valence-electron chi connectivity index (χ2n) is 6.90. The van der Waals surface area contributed by atoms with Crippen LogP contribution in [0.1, 0.15) is 22.8 Å². The number of carbonyl (C=O) groups is 2. The maximum absolute atomic E-state index is 12.7. The van der Waals surface area contributed by atoms with E-state index in [9.17, 15) is 9.59 Å². The van der Waals surface area contributed by atoms with E-state index in [2.05, 4.69) is 10.6 Å². The lowest BCUT2D eigenvalue weighted by molar-refractivity contribution is -0.118. The van der Waals surface area contributed by atoms with Gasteiger partial charge in [-0.05, 0) is 60.5 Å². The minimum Gasteiger partial charge on any atom is -0.497 e. The molecule has 0 aliphatic rings. The first-order valence-corrected chi connectivity index (χ1v) is 10.2. The molecule has 0 atom stereocenters. The summed E-state index contributed by atoms with van der Waals surface area (Å²) in [5.41, 5.74) is 2.87. The van der Waals surface area contributed by atoms with Gasteiger partial charge in [0.25, 0.3) is 11.8 Å². The fourth-order valence-corrected chi connectivity index (χ4v) is 3.09. The Bertz CT molecular complexity index is 1080. The highest BCUT2D eigenvalue weighted by Gasteiger charge is 2.14. The number of ether oxygens (including phenoxy) is 3. The van der Waals surface area contributed by atoms with Gasteiger partial charge in [0.05, 0.1) is 14.2 Å². The van der Waals surface area contributed by atoms with Crippen molar-refractivity contribution in [1.29, 1.82) is 0 Å². The first-order valence-electron chi connectivity index (χ1n) is 10.2. The predicted molar refractivity (Wildman–Crippen MR) is 124 cm³/mol. The number of carbonyl (C=O) groups excluding carboxylic acids is 2. The number of rotatable bonds is 9. The topological polar surface area (TPSA) is 85.9 Å². The van der Waals surface area contributed by atoms with Crippen molar-refractivity contribution in [2.24, 2.45) is 0 Å². The van der Waals surface area contributed by atoms with Crippen molar-refractivity contribution < 1.29 is 23.8 Å². The highest BCUT2D eigenvalue weighted by Crippen LogP contribution is 2.29. The molecular weight excluding hydrogens is 408 g/mol. The van der Waals surface area contributed by atoms with Crippen LogP contribution in [0, 0.1) is 0 Å². The minimum atomic E-state index is -0.324. The summed E-state index contributed by atoms with van der Waals surface area (Å²) in [5, 5.41) is 5.67. The smallest absolute Gasteiger partial charge is 0.262 e. The quantitative estimate of drug-likeness (QED) is 0.517. The van der Waals surface area contributed by atoms with Gasteiger partial charge in [-0.15, -0.1) is 0 Å². The molecule has 0 aliphatic carbocycles. The molecule has 3 aromatic rings. The molecule has 0 aliphatic heterocycles. The van der Waals surface area contributed by atoms with Crippen LogP contribution < -0.4 is 24.8 Å². The third kappa shape index (κ3) is 5.78. The molecular formula is C25H26N2O5. The second-order valence-corrected chi connectivity index (χ2v) is 6.90. The van der Waals surface area contributed by atoms with E-state index in [-0.39, 0.29) is 18.4 Å². The van der Waals surface area contributed by atoms with Crippen molar-refractivity contribution >= 4 is 23.2 Å². The molecule has 3 aromatic carbocycles. The zero-order valence-electron chi connectivity index (χ0n) is 18.3. The van der Waals surface area contributed by atoms with Crippen molar-refractivity contribution in [3.8, 4) is 17.2 Å². The van der Waals surface area contributed by atoms with E-state index in [0.717, 1.165) is 17.7 Å². The maximum Gasteiger partial charge on any atom is 0.262 e. The van der Waals surface area contributed by atoms with Gasteiger partial charge in [0.2, 0.25) is 0 Å². The Labute approximate surface area is 187 Å². The van der Waals surface area contributed by atoms with Crippen LogP contribution in [0.25, 0.3) is 0 Å². The van der Waals surface area contributed by atoms with E-state index in [4.69, 9.17) is 14.2 Å². The number of methoxy groups -OCH3 is 2. The molecule has 0 unspecified atom stereocenters. The Morgan fingerprint density at radius 2 is 1.59 bits per heavy atom. The number of hydrogen-bond donors (Lipinski definition) is 2. The summed E-state index contributed by atoms with van der Waals surface area (Å²) in [4.78, 5) is 24.9. The monoisotopic (exact) mass is 434 g/mol. The molecule has 166 valence electrons. The molecule has 32 heavy (non-hydrogen) atoms. The summed E-state index contributed by atoms with van der Waals surface area (Å²) in [6.07, 6.45) is 0.811. The van der Waals surface area contributed by atoms with Crippen molar-refractivity contribution in [1.82, 2.24) is 0 Å². The van der Waals surface area contributed by atoms with Crippen LogP contribution in [-0.4, -0.2) is 32.6 Å². The van der Waals surface area contributed by atoms with Crippen LogP contribution in [0.3, 0.4) is 0 Å². The summed E-state index contributed by atoms with van der Waals surface area (Å²) in [5.74, 6) is 0.844. The molecule has 0 saturated carbocycles. The molecule has 3 rings (SSSR count). The average molecular weight is 434 g/mol. The predicted octanol–water partition coefficient (Wildman–Crippen LogP) is 4.54. The van der Waals surface area contributed by atoms with Crippen molar-refractivity contribution in [3.05, 3.63) is 77.9 Å². The van der Waals surface area contributed by atoms with Crippen molar-refractivity contribution in [3.63, 3.8) is 0 Å². The van der Waals surface area contributed by atoms with Crippen molar-refractivity contribution in [2.45, 2.75) is 13.3 Å². The number of aryl methyl sites for hydroxylation is 1. The van der Waals surface area contributed by atoms with Gasteiger partial charge in [-0.2, -0.15) is 0 Å². The molecule has 0 aromatic heterocycles. The number of nitrogens with one attached hydrogen (secondary N) is 2. The lowest BCUT2D eigenvalue weighted by Crippen LogP contribution is -2.20. The molecule has 7 heteroatoms. The fourth-order valence-electron chi connectivity index (χ4n) is 3.09. The SMILES string of the molecule is CCc1ccccc1NC(=O)c1ccc(OCC(=O)Nc2ccc(OC)cc2)c(OC)c1. The molecule has 0 fully saturated rings. The zero-order valence-corrected chi connectivity index (χ0v) is 18.3. The van der Waals surface area contributed by atoms with Gasteiger partial charge in [0.1, 0.15) is 5.75 Å². The average Bonchev–Trinajstić information content (AvgIpc) is 2.83. The third-order valence-electron chi connectivity index (χ3n) is 4.80. The Kier molecular flexibility index (Phi) is 7.70. The van der Waals surface area contributed by atoms with Gasteiger partial charge >= 0.3 is 0 Å². The third-order valence-corrected chi connectivity index (χ3v) is 4.80. The number of anilines is 2. The van der Waals surface area contributed by atoms with Crippen LogP contribution in [0.4, 0.5) is 11.4 Å². The van der Waals surface area contributed by atoms with E-state index >= 15 is 0 Å². The summed E-state index contributed by atoms with van der Waals surface area (Å²) in [6.45, 7) is 1.82. The van der Waals surface area contributed by atoms with E-state index in [1.807, 2.05) is 31.2 Å². The fraction of sp³-hybridized carbons (Fsp3) is 0.200. The largest absolute Gasteiger partial charge is 0.497 e. The van der Waals surface area contributed by atoms with Crippen LogP contribution in [0.5, 0.6) is 17.2 Å². The molecule has 0 saturated heterocycles. The van der Waals surface area contributed by atoms with Crippen LogP contribution >= 0.6 is 0 Å². The van der Waals surface area contributed by atoms with Gasteiger partial charge in [-0.1, -0.05) is 25.1 Å². The number of benzene rings is 3. The summed E-state index contributed by atoms with van der Waals surface area (Å²) >= 11 is 0. The van der Waals surface area contributed by atoms with E-state index in [0.29, 0.717) is 28.5 Å². The molecule has 0 radical (unpaired) electrons. The normalized spacial score (nSPS) is 10.2. The molecule has 2 amide bonds. The minimum absolute atomic E-state index is 0.211. The number of para-hydroxylation sites is 1. The van der Waals surface area contributed by atoms with E-state index in [1.165, 1.54) is 7.11 Å². The van der Waals surface area contributed by atoms with E-state index < -0.39 is 0 Å². The summed E-state index contributed by atoms with van der Waals surface area (Å²) in [6, 6.07) is 19.5. The van der Waals surface area contributed by atoms with Gasteiger partial charge in [0, 0.05) is 16.9 Å². The molecule has 0 bridgehead atoms. The molecule has 7 nitrogen and oxygen atoms in total. The maximum atomic E-state index is 12.7. The highest BCUT2D eigenvalue weighted by molar-refractivity contribution is 6.05. The molecule has 0 spiro atoms. The Morgan fingerprint density at radius 1 is 0.844 bits per heavy atom. The van der Waals surface area contributed by atoms with Crippen LogP contribution in [-0.2, 0) is 11.2 Å². The lowest BCUT2D eigenvalue weighted by atomic mass is 10.1. The van der Waals surface area contributed by atoms with E-state index in [1.54, 1.807) is 49.6 Å². The van der Waals surface area contributed by atoms with Gasteiger partial charge < -0.3 is 24.8 Å². The highest BCUT2D eigenvalue weighted by atomic mass is 16.5. The summed E-state index contributed by atoms with van der Waals surface area (Å²) in [7, 11) is 3.06. The Morgan fingerprint density at radius 3 is 2.28 bits per heavy atom. The first-order chi connectivity index (χ1) is 15.5. The van der Waals surface area contributed by atoms with Gasteiger partial charge in [-0.3, -0.25) is 9.59 Å². The zero-order chi connectivity index (χ0) is 22.9. The Balaban J connectivity index is 1.63. The van der Waals surface area contributed by atoms with Crippen molar-refractivity contribution in [2.75, 3.05) is 31.5 Å². The standard InChI is InChI=1S/C25H26N2O5/c1-4-17-7-5-6-8-21(17)27-25(29)18-9-14-22(23(15-18)31-3)32-16-24(28)26-19-10-12-20(30-2)13-11-19/h5-15H,4,16H2,1-3H3,(H,26,28)(H,27,29). The number of amides is 2. The first kappa shape index (κ1) is 22.7. The van der Waals surface area contributed by atoms with Gasteiger partial charge in [0.15, 0.2) is 18.1 Å². The lowest BCUT2D eigenvalue weighted by Gasteiger charge is -2.13. The number of hydrogen-bond acceptors (Lipinski definition) is 5. The van der Waals surface area contributed by atoms with Crippen LogP contribution in [0.15, 0.2) is 66.7 Å². The second kappa shape index (κ2) is 10.9. The molecule has 2 N–H and O–H groups in total. The summed E-state index contributed by atoms with van der Waals surface area (Å²) < 4.78 is 16.1. The Hall–Kier alpha value is -4.00. The van der Waals surface area contributed by atoms with Crippen LogP contribution in [0.2, 0.25) is 0 Å².